The van der Waals surface area contributed by atoms with Crippen molar-refractivity contribution in [2.75, 3.05) is 6.61 Å². The lowest BCUT2D eigenvalue weighted by atomic mass is 10.1. The van der Waals surface area contributed by atoms with Gasteiger partial charge in [0.15, 0.2) is 6.61 Å². The lowest BCUT2D eigenvalue weighted by Gasteiger charge is -2.07. The first-order valence-electron chi connectivity index (χ1n) is 7.07. The SMILES string of the molecule is Cc1cc(OCC(=O)NN=Cc2cc(Br)cc(C)c2O)ccc1Cl. The summed E-state index contributed by atoms with van der Waals surface area (Å²) < 4.78 is 6.18. The zero-order valence-corrected chi connectivity index (χ0v) is 15.5. The van der Waals surface area contributed by atoms with Crippen molar-refractivity contribution < 1.29 is 14.6 Å². The summed E-state index contributed by atoms with van der Waals surface area (Å²) in [6.45, 7) is 3.45. The van der Waals surface area contributed by atoms with Gasteiger partial charge in [-0.05, 0) is 55.3 Å². The Balaban J connectivity index is 1.90. The van der Waals surface area contributed by atoms with Crippen molar-refractivity contribution in [3.05, 3.63) is 56.5 Å². The zero-order chi connectivity index (χ0) is 17.7. The molecule has 24 heavy (non-hydrogen) atoms. The Morgan fingerprint density at radius 1 is 1.33 bits per heavy atom. The molecule has 0 saturated heterocycles. The van der Waals surface area contributed by atoms with Gasteiger partial charge in [-0.1, -0.05) is 27.5 Å². The molecule has 0 atom stereocenters. The van der Waals surface area contributed by atoms with Gasteiger partial charge in [-0.15, -0.1) is 0 Å². The summed E-state index contributed by atoms with van der Waals surface area (Å²) in [6.07, 6.45) is 1.37. The second kappa shape index (κ2) is 8.17. The number of carbonyl (C=O) groups excluding carboxylic acids is 1. The van der Waals surface area contributed by atoms with E-state index in [1.165, 1.54) is 6.21 Å². The highest BCUT2D eigenvalue weighted by Gasteiger charge is 2.05. The summed E-state index contributed by atoms with van der Waals surface area (Å²) in [5.41, 5.74) is 4.42. The van der Waals surface area contributed by atoms with Crippen molar-refractivity contribution in [2.24, 2.45) is 5.10 Å². The standard InChI is InChI=1S/C17H16BrClN2O3/c1-10-6-14(3-4-15(10)19)24-9-16(22)21-20-8-12-7-13(18)5-11(2)17(12)23/h3-8,23H,9H2,1-2H3,(H,21,22). The first kappa shape index (κ1) is 18.3. The number of hydrazone groups is 1. The Morgan fingerprint density at radius 2 is 2.08 bits per heavy atom. The van der Waals surface area contributed by atoms with E-state index in [1.807, 2.05) is 6.92 Å². The number of phenols is 1. The fourth-order valence-corrected chi connectivity index (χ4v) is 2.63. The molecule has 2 N–H and O–H groups in total. The molecule has 0 aliphatic heterocycles. The number of phenolic OH excluding ortho intramolecular Hbond substituents is 1. The molecule has 0 saturated carbocycles. The Hall–Kier alpha value is -2.05. The second-order valence-electron chi connectivity index (χ2n) is 5.15. The molecule has 0 aliphatic rings. The molecule has 2 rings (SSSR count). The van der Waals surface area contributed by atoms with E-state index in [-0.39, 0.29) is 12.4 Å². The van der Waals surface area contributed by atoms with Crippen molar-refractivity contribution in [3.8, 4) is 11.5 Å². The minimum atomic E-state index is -0.412. The molecule has 0 spiro atoms. The third kappa shape index (κ3) is 4.97. The van der Waals surface area contributed by atoms with Gasteiger partial charge >= 0.3 is 0 Å². The third-order valence-corrected chi connectivity index (χ3v) is 4.07. The number of benzene rings is 2. The fourth-order valence-electron chi connectivity index (χ4n) is 1.92. The van der Waals surface area contributed by atoms with Gasteiger partial charge in [-0.3, -0.25) is 4.79 Å². The summed E-state index contributed by atoms with van der Waals surface area (Å²) in [6, 6.07) is 8.63. The molecule has 2 aromatic rings. The van der Waals surface area contributed by atoms with Gasteiger partial charge in [0.2, 0.25) is 0 Å². The van der Waals surface area contributed by atoms with Crippen LogP contribution >= 0.6 is 27.5 Å². The van der Waals surface area contributed by atoms with Crippen LogP contribution in [0.4, 0.5) is 0 Å². The van der Waals surface area contributed by atoms with E-state index in [1.54, 1.807) is 37.3 Å². The van der Waals surface area contributed by atoms with Crippen LogP contribution in [0.3, 0.4) is 0 Å². The largest absolute Gasteiger partial charge is 0.507 e. The number of amides is 1. The first-order valence-corrected chi connectivity index (χ1v) is 8.24. The maximum atomic E-state index is 11.7. The van der Waals surface area contributed by atoms with E-state index in [9.17, 15) is 9.90 Å². The van der Waals surface area contributed by atoms with Gasteiger partial charge in [0.1, 0.15) is 11.5 Å². The highest BCUT2D eigenvalue weighted by molar-refractivity contribution is 9.10. The number of nitrogens with zero attached hydrogens (tertiary/aromatic N) is 1. The first-order chi connectivity index (χ1) is 11.4. The van der Waals surface area contributed by atoms with E-state index >= 15 is 0 Å². The van der Waals surface area contributed by atoms with Gasteiger partial charge in [0, 0.05) is 15.1 Å². The molecule has 5 nitrogen and oxygen atoms in total. The summed E-state index contributed by atoms with van der Waals surface area (Å²) in [5.74, 6) is 0.255. The van der Waals surface area contributed by atoms with Gasteiger partial charge < -0.3 is 9.84 Å². The molecule has 0 fully saturated rings. The smallest absolute Gasteiger partial charge is 0.277 e. The van der Waals surface area contributed by atoms with Gasteiger partial charge in [0.05, 0.1) is 6.21 Å². The molecule has 0 aliphatic carbocycles. The number of carbonyl (C=O) groups is 1. The fraction of sp³-hybridized carbons (Fsp3) is 0.176. The molecule has 2 aromatic carbocycles. The molecule has 126 valence electrons. The number of rotatable bonds is 5. The second-order valence-corrected chi connectivity index (χ2v) is 6.48. The number of hydrogen-bond acceptors (Lipinski definition) is 4. The Labute approximate surface area is 153 Å². The van der Waals surface area contributed by atoms with E-state index in [4.69, 9.17) is 16.3 Å². The monoisotopic (exact) mass is 410 g/mol. The number of halogens is 2. The molecule has 0 unspecified atom stereocenters. The number of aryl methyl sites for hydroxylation is 2. The Bertz CT molecular complexity index is 794. The van der Waals surface area contributed by atoms with Crippen LogP contribution < -0.4 is 10.2 Å². The summed E-state index contributed by atoms with van der Waals surface area (Å²) >= 11 is 9.27. The molecule has 0 aromatic heterocycles. The molecule has 0 radical (unpaired) electrons. The van der Waals surface area contributed by atoms with Gasteiger partial charge in [-0.2, -0.15) is 5.10 Å². The molecule has 7 heteroatoms. The van der Waals surface area contributed by atoms with Crippen LogP contribution in [0, 0.1) is 13.8 Å². The zero-order valence-electron chi connectivity index (χ0n) is 13.1. The maximum absolute atomic E-state index is 11.7. The van der Waals surface area contributed by atoms with Crippen LogP contribution in [-0.2, 0) is 4.79 Å². The van der Waals surface area contributed by atoms with Crippen LogP contribution in [0.2, 0.25) is 5.02 Å². The minimum absolute atomic E-state index is 0.115. The number of nitrogens with one attached hydrogen (secondary N) is 1. The average Bonchev–Trinajstić information content (AvgIpc) is 2.53. The number of aromatic hydroxyl groups is 1. The van der Waals surface area contributed by atoms with Gasteiger partial charge in [-0.25, -0.2) is 5.43 Å². The summed E-state index contributed by atoms with van der Waals surface area (Å²) in [5, 5.41) is 14.4. The summed E-state index contributed by atoms with van der Waals surface area (Å²) in [4.78, 5) is 11.7. The molecule has 0 bridgehead atoms. The highest BCUT2D eigenvalue weighted by atomic mass is 79.9. The van der Waals surface area contributed by atoms with Crippen LogP contribution in [-0.4, -0.2) is 23.8 Å². The third-order valence-electron chi connectivity index (χ3n) is 3.19. The van der Waals surface area contributed by atoms with Crippen molar-refractivity contribution in [1.29, 1.82) is 0 Å². The van der Waals surface area contributed by atoms with Crippen LogP contribution in [0.5, 0.6) is 11.5 Å². The van der Waals surface area contributed by atoms with Crippen LogP contribution in [0.25, 0.3) is 0 Å². The highest BCUT2D eigenvalue weighted by Crippen LogP contribution is 2.25. The predicted molar refractivity (Wildman–Crippen MR) is 98.0 cm³/mol. The molecule has 1 amide bonds. The van der Waals surface area contributed by atoms with Crippen molar-refractivity contribution in [1.82, 2.24) is 5.43 Å². The van der Waals surface area contributed by atoms with E-state index < -0.39 is 5.91 Å². The number of hydrogen-bond donors (Lipinski definition) is 2. The lowest BCUT2D eigenvalue weighted by Crippen LogP contribution is -2.24. The van der Waals surface area contributed by atoms with Crippen LogP contribution in [0.1, 0.15) is 16.7 Å². The Morgan fingerprint density at radius 3 is 2.79 bits per heavy atom. The van der Waals surface area contributed by atoms with Crippen molar-refractivity contribution >= 4 is 39.7 Å². The normalized spacial score (nSPS) is 10.8. The molecule has 0 heterocycles. The average molecular weight is 412 g/mol. The van der Waals surface area contributed by atoms with E-state index in [0.717, 1.165) is 10.0 Å². The molecular weight excluding hydrogens is 396 g/mol. The maximum Gasteiger partial charge on any atom is 0.277 e. The Kier molecular flexibility index (Phi) is 6.23. The summed E-state index contributed by atoms with van der Waals surface area (Å²) in [7, 11) is 0. The van der Waals surface area contributed by atoms with E-state index in [0.29, 0.717) is 21.9 Å². The lowest BCUT2D eigenvalue weighted by molar-refractivity contribution is -0.123. The molecular formula is C17H16BrClN2O3. The quantitative estimate of drug-likeness (QED) is 0.578. The van der Waals surface area contributed by atoms with Crippen LogP contribution in [0.15, 0.2) is 39.9 Å². The predicted octanol–water partition coefficient (Wildman–Crippen LogP) is 3.95. The minimum Gasteiger partial charge on any atom is -0.507 e. The van der Waals surface area contributed by atoms with Crippen molar-refractivity contribution in [3.63, 3.8) is 0 Å². The topological polar surface area (TPSA) is 70.9 Å². The van der Waals surface area contributed by atoms with Crippen molar-refractivity contribution in [2.45, 2.75) is 13.8 Å². The van der Waals surface area contributed by atoms with Gasteiger partial charge in [0.25, 0.3) is 5.91 Å². The number of ether oxygens (including phenoxy) is 1. The van der Waals surface area contributed by atoms with E-state index in [2.05, 4.69) is 26.5 Å².